The molecule has 0 heterocycles. The van der Waals surface area contributed by atoms with E-state index in [2.05, 4.69) is 10.6 Å². The van der Waals surface area contributed by atoms with E-state index in [1.54, 1.807) is 0 Å². The number of hydrogen-bond acceptors (Lipinski definition) is 3. The van der Waals surface area contributed by atoms with Crippen LogP contribution in [0, 0.1) is 5.92 Å². The first-order chi connectivity index (χ1) is 7.57. The quantitative estimate of drug-likeness (QED) is 0.661. The molecule has 1 amide bonds. The molecule has 0 bridgehead atoms. The standard InChI is InChI=1S/C10H20N2O2.C2H6.2H2/c1-8(2)9(13)7-12-10(14)5-4-6-11-3;1-2;;/h8,11H,4-7H2,1-3H3,(H,12,14);1-2H3;2*1H. The van der Waals surface area contributed by atoms with E-state index in [0.29, 0.717) is 6.42 Å². The van der Waals surface area contributed by atoms with Gasteiger partial charge in [0.05, 0.1) is 6.54 Å². The third-order valence-electron chi connectivity index (χ3n) is 1.93. The fourth-order valence-corrected chi connectivity index (χ4v) is 0.904. The summed E-state index contributed by atoms with van der Waals surface area (Å²) in [4.78, 5) is 22.3. The van der Waals surface area contributed by atoms with Gasteiger partial charge in [-0.15, -0.1) is 0 Å². The minimum atomic E-state index is -0.0470. The SMILES string of the molecule is CC.CNCCCC(=O)NCC(=O)C(C)C.[HH].[HH]. The van der Waals surface area contributed by atoms with Gasteiger partial charge in [-0.05, 0) is 20.0 Å². The second-order valence-corrected chi connectivity index (χ2v) is 3.60. The second kappa shape index (κ2) is 12.2. The Morgan fingerprint density at radius 3 is 2.25 bits per heavy atom. The summed E-state index contributed by atoms with van der Waals surface area (Å²) >= 11 is 0. The average molecular weight is 234 g/mol. The molecule has 0 saturated heterocycles. The molecule has 4 heteroatoms. The highest BCUT2D eigenvalue weighted by molar-refractivity contribution is 5.87. The van der Waals surface area contributed by atoms with E-state index in [1.165, 1.54) is 0 Å². The normalized spacial score (nSPS) is 9.38. The Kier molecular flexibility index (Phi) is 13.3. The molecular weight excluding hydrogens is 204 g/mol. The zero-order chi connectivity index (χ0) is 13.0. The van der Waals surface area contributed by atoms with E-state index in [1.807, 2.05) is 34.7 Å². The smallest absolute Gasteiger partial charge is 0.220 e. The predicted molar refractivity (Wildman–Crippen MR) is 71.6 cm³/mol. The lowest BCUT2D eigenvalue weighted by molar-refractivity contribution is -0.126. The molecule has 0 rings (SSSR count). The van der Waals surface area contributed by atoms with Gasteiger partial charge in [-0.1, -0.05) is 27.7 Å². The molecule has 0 aliphatic rings. The van der Waals surface area contributed by atoms with Gasteiger partial charge in [0.25, 0.3) is 0 Å². The van der Waals surface area contributed by atoms with Gasteiger partial charge in [0.15, 0.2) is 5.78 Å². The summed E-state index contributed by atoms with van der Waals surface area (Å²) in [5.74, 6) is 0.0221. The topological polar surface area (TPSA) is 58.2 Å². The van der Waals surface area contributed by atoms with Crippen molar-refractivity contribution < 1.29 is 12.4 Å². The number of ketones is 1. The van der Waals surface area contributed by atoms with E-state index >= 15 is 0 Å². The molecule has 0 radical (unpaired) electrons. The summed E-state index contributed by atoms with van der Waals surface area (Å²) in [5, 5.41) is 5.57. The molecule has 0 aromatic rings. The van der Waals surface area contributed by atoms with Crippen LogP contribution in [0.2, 0.25) is 0 Å². The van der Waals surface area contributed by atoms with Crippen molar-refractivity contribution in [3.05, 3.63) is 0 Å². The molecular formula is C12H30N2O2. The fourth-order valence-electron chi connectivity index (χ4n) is 0.904. The molecule has 2 N–H and O–H groups in total. The lowest BCUT2D eigenvalue weighted by Crippen LogP contribution is -2.31. The molecule has 0 atom stereocenters. The third-order valence-corrected chi connectivity index (χ3v) is 1.93. The highest BCUT2D eigenvalue weighted by Crippen LogP contribution is 1.93. The van der Waals surface area contributed by atoms with Gasteiger partial charge < -0.3 is 10.6 Å². The molecule has 0 aliphatic heterocycles. The minimum absolute atomic E-state index is 0. The third kappa shape index (κ3) is 11.2. The Labute approximate surface area is 102 Å². The van der Waals surface area contributed by atoms with E-state index in [0.717, 1.165) is 13.0 Å². The zero-order valence-electron chi connectivity index (χ0n) is 11.2. The molecule has 0 saturated carbocycles. The second-order valence-electron chi connectivity index (χ2n) is 3.60. The molecule has 16 heavy (non-hydrogen) atoms. The van der Waals surface area contributed by atoms with Crippen LogP contribution in [0.5, 0.6) is 0 Å². The fraction of sp³-hybridized carbons (Fsp3) is 0.833. The number of carbonyl (C=O) groups is 2. The number of amides is 1. The Morgan fingerprint density at radius 1 is 1.25 bits per heavy atom. The molecule has 0 aromatic heterocycles. The van der Waals surface area contributed by atoms with Crippen molar-refractivity contribution in [2.45, 2.75) is 40.5 Å². The van der Waals surface area contributed by atoms with Gasteiger partial charge in [-0.3, -0.25) is 9.59 Å². The summed E-state index contributed by atoms with van der Waals surface area (Å²) in [6.07, 6.45) is 1.28. The van der Waals surface area contributed by atoms with Crippen molar-refractivity contribution in [2.75, 3.05) is 20.1 Å². The van der Waals surface area contributed by atoms with E-state index in [9.17, 15) is 9.59 Å². The van der Waals surface area contributed by atoms with Gasteiger partial charge >= 0.3 is 0 Å². The van der Waals surface area contributed by atoms with Crippen molar-refractivity contribution in [3.8, 4) is 0 Å². The van der Waals surface area contributed by atoms with Gasteiger partial charge in [-0.25, -0.2) is 0 Å². The Hall–Kier alpha value is -0.900. The van der Waals surface area contributed by atoms with Crippen LogP contribution in [0.1, 0.15) is 43.4 Å². The maximum Gasteiger partial charge on any atom is 0.220 e. The molecule has 100 valence electrons. The van der Waals surface area contributed by atoms with Crippen LogP contribution in [0.4, 0.5) is 0 Å². The molecule has 0 spiro atoms. The number of carbonyl (C=O) groups excluding carboxylic acids is 2. The first kappa shape index (κ1) is 17.5. The van der Waals surface area contributed by atoms with Crippen molar-refractivity contribution in [3.63, 3.8) is 0 Å². The Bertz CT molecular complexity index is 201. The predicted octanol–water partition coefficient (Wildman–Crippen LogP) is 1.85. The Morgan fingerprint density at radius 2 is 1.81 bits per heavy atom. The van der Waals surface area contributed by atoms with Crippen LogP contribution in [0.3, 0.4) is 0 Å². The van der Waals surface area contributed by atoms with E-state index in [4.69, 9.17) is 0 Å². The molecule has 0 fully saturated rings. The first-order valence-electron chi connectivity index (χ1n) is 6.02. The van der Waals surface area contributed by atoms with Crippen LogP contribution in [-0.2, 0) is 9.59 Å². The summed E-state index contributed by atoms with van der Waals surface area (Å²) < 4.78 is 0. The monoisotopic (exact) mass is 234 g/mol. The van der Waals surface area contributed by atoms with Crippen LogP contribution in [0.15, 0.2) is 0 Å². The highest BCUT2D eigenvalue weighted by atomic mass is 16.2. The van der Waals surface area contributed by atoms with Crippen molar-refractivity contribution in [1.29, 1.82) is 0 Å². The van der Waals surface area contributed by atoms with Crippen molar-refractivity contribution >= 4 is 11.7 Å². The van der Waals surface area contributed by atoms with Crippen molar-refractivity contribution in [2.24, 2.45) is 5.92 Å². The number of Topliss-reactive ketones (excluding diaryl/α,β-unsaturated/α-hetero) is 1. The van der Waals surface area contributed by atoms with E-state index < -0.39 is 0 Å². The van der Waals surface area contributed by atoms with Crippen LogP contribution >= 0.6 is 0 Å². The summed E-state index contributed by atoms with van der Waals surface area (Å²) in [5.41, 5.74) is 0. The van der Waals surface area contributed by atoms with Gasteiger partial charge in [0.1, 0.15) is 0 Å². The van der Waals surface area contributed by atoms with Gasteiger partial charge in [-0.2, -0.15) is 0 Å². The average Bonchev–Trinajstić information content (AvgIpc) is 2.28. The molecule has 0 unspecified atom stereocenters. The number of nitrogens with one attached hydrogen (secondary N) is 2. The maximum absolute atomic E-state index is 11.2. The van der Waals surface area contributed by atoms with Gasteiger partial charge in [0.2, 0.25) is 5.91 Å². The Balaban J connectivity index is -0.000000232. The van der Waals surface area contributed by atoms with Gasteiger partial charge in [0, 0.05) is 15.2 Å². The zero-order valence-corrected chi connectivity index (χ0v) is 11.2. The van der Waals surface area contributed by atoms with E-state index in [-0.39, 0.29) is 27.0 Å². The molecule has 0 aliphatic carbocycles. The lowest BCUT2D eigenvalue weighted by atomic mass is 10.1. The summed E-state index contributed by atoms with van der Waals surface area (Å²) in [6, 6.07) is 0. The first-order valence-corrected chi connectivity index (χ1v) is 6.02. The lowest BCUT2D eigenvalue weighted by Gasteiger charge is -2.06. The molecule has 0 aromatic carbocycles. The number of hydrogen-bond donors (Lipinski definition) is 2. The van der Waals surface area contributed by atoms with Crippen LogP contribution < -0.4 is 10.6 Å². The largest absolute Gasteiger partial charge is 0.349 e. The maximum atomic E-state index is 11.2. The highest BCUT2D eigenvalue weighted by Gasteiger charge is 2.08. The van der Waals surface area contributed by atoms with Crippen LogP contribution in [0.25, 0.3) is 0 Å². The minimum Gasteiger partial charge on any atom is -0.349 e. The van der Waals surface area contributed by atoms with Crippen LogP contribution in [-0.4, -0.2) is 31.8 Å². The summed E-state index contributed by atoms with van der Waals surface area (Å²) in [7, 11) is 1.85. The summed E-state index contributed by atoms with van der Waals surface area (Å²) in [6.45, 7) is 8.65. The molecule has 4 nitrogen and oxygen atoms in total. The number of rotatable bonds is 7. The van der Waals surface area contributed by atoms with Crippen molar-refractivity contribution in [1.82, 2.24) is 10.6 Å².